The van der Waals surface area contributed by atoms with E-state index in [1.807, 2.05) is 48.4 Å². The number of nitrogens with zero attached hydrogens (tertiary/aromatic N) is 3. The fourth-order valence-electron chi connectivity index (χ4n) is 4.21. The summed E-state index contributed by atoms with van der Waals surface area (Å²) >= 11 is 0. The Balaban J connectivity index is 1.54. The second-order valence-corrected chi connectivity index (χ2v) is 8.54. The molecule has 4 rings (SSSR count). The molecule has 1 aliphatic heterocycles. The van der Waals surface area contributed by atoms with Crippen molar-refractivity contribution in [3.05, 3.63) is 42.2 Å². The first-order chi connectivity index (χ1) is 16.1. The number of morpholine rings is 1. The zero-order chi connectivity index (χ0) is 23.2. The highest BCUT2D eigenvalue weighted by Gasteiger charge is 2.40. The molecule has 0 radical (unpaired) electrons. The summed E-state index contributed by atoms with van der Waals surface area (Å²) in [6, 6.07) is 10.1. The predicted molar refractivity (Wildman–Crippen MR) is 124 cm³/mol. The van der Waals surface area contributed by atoms with Gasteiger partial charge in [0.05, 0.1) is 25.5 Å². The number of rotatable bonds is 9. The number of amides is 2. The minimum absolute atomic E-state index is 0.0373. The molecule has 1 aliphatic carbocycles. The van der Waals surface area contributed by atoms with Crippen LogP contribution in [0.4, 0.5) is 4.79 Å². The topological polar surface area (TPSA) is 97.7 Å². The van der Waals surface area contributed by atoms with E-state index in [4.69, 9.17) is 9.72 Å². The Hall–Kier alpha value is -2.91. The molecule has 0 bridgehead atoms. The average molecular weight is 456 g/mol. The molecule has 2 N–H and O–H groups in total. The second-order valence-electron chi connectivity index (χ2n) is 8.54. The van der Waals surface area contributed by atoms with Gasteiger partial charge in [0, 0.05) is 44.0 Å². The Labute approximate surface area is 194 Å². The number of carbonyl (C=O) groups is 2. The molecule has 9 nitrogen and oxygen atoms in total. The number of hydrogen-bond donors (Lipinski definition) is 2. The number of nitrogens with one attached hydrogen (secondary N) is 2. The van der Waals surface area contributed by atoms with E-state index in [2.05, 4.69) is 19.9 Å². The highest BCUT2D eigenvalue weighted by molar-refractivity contribution is 5.82. The molecular formula is C24H33N5O4. The van der Waals surface area contributed by atoms with Crippen molar-refractivity contribution < 1.29 is 19.1 Å². The Bertz CT molecular complexity index is 938. The maximum Gasteiger partial charge on any atom is 0.406 e. The van der Waals surface area contributed by atoms with Gasteiger partial charge in [0.2, 0.25) is 0 Å². The molecule has 1 saturated carbocycles. The van der Waals surface area contributed by atoms with Crippen molar-refractivity contribution >= 4 is 12.0 Å². The van der Waals surface area contributed by atoms with E-state index in [0.29, 0.717) is 26.2 Å². The molecule has 9 heteroatoms. The molecule has 0 unspecified atom stereocenters. The van der Waals surface area contributed by atoms with Gasteiger partial charge in [0.1, 0.15) is 11.9 Å². The van der Waals surface area contributed by atoms with Gasteiger partial charge < -0.3 is 29.6 Å². The molecule has 1 aromatic heterocycles. The van der Waals surface area contributed by atoms with Gasteiger partial charge >= 0.3 is 6.09 Å². The van der Waals surface area contributed by atoms with Gasteiger partial charge in [0.25, 0.3) is 5.91 Å². The molecule has 1 saturated heterocycles. The number of benzene rings is 1. The largest absolute Gasteiger partial charge is 0.453 e. The van der Waals surface area contributed by atoms with Crippen LogP contribution in [0.2, 0.25) is 0 Å². The number of imidazole rings is 1. The molecule has 2 atom stereocenters. The highest BCUT2D eigenvalue weighted by atomic mass is 16.5. The van der Waals surface area contributed by atoms with Crippen LogP contribution in [0.1, 0.15) is 37.9 Å². The molecular weight excluding hydrogens is 422 g/mol. The van der Waals surface area contributed by atoms with E-state index in [9.17, 15) is 9.59 Å². The van der Waals surface area contributed by atoms with Crippen LogP contribution in [0.3, 0.4) is 0 Å². The third-order valence-corrected chi connectivity index (χ3v) is 6.10. The Morgan fingerprint density at radius 1 is 1.33 bits per heavy atom. The van der Waals surface area contributed by atoms with E-state index in [0.717, 1.165) is 42.9 Å². The molecule has 33 heavy (non-hydrogen) atoms. The van der Waals surface area contributed by atoms with Gasteiger partial charge in [-0.25, -0.2) is 9.78 Å². The lowest BCUT2D eigenvalue weighted by atomic mass is 10.1. The normalized spacial score (nSPS) is 19.0. The first-order valence-electron chi connectivity index (χ1n) is 11.7. The molecule has 2 heterocycles. The Morgan fingerprint density at radius 3 is 2.79 bits per heavy atom. The van der Waals surface area contributed by atoms with Gasteiger partial charge in [-0.05, 0) is 26.2 Å². The van der Waals surface area contributed by atoms with Crippen LogP contribution in [0.15, 0.2) is 36.5 Å². The van der Waals surface area contributed by atoms with Gasteiger partial charge in [0.15, 0.2) is 0 Å². The number of alkyl carbamates (subject to hydrolysis) is 1. The van der Waals surface area contributed by atoms with Gasteiger partial charge in [-0.2, -0.15) is 0 Å². The predicted octanol–water partition coefficient (Wildman–Crippen LogP) is 2.34. The van der Waals surface area contributed by atoms with E-state index in [1.165, 1.54) is 7.11 Å². The lowest BCUT2D eigenvalue weighted by Gasteiger charge is -2.33. The average Bonchev–Trinajstić information content (AvgIpc) is 3.60. The summed E-state index contributed by atoms with van der Waals surface area (Å²) in [5, 5.41) is 5.97. The third kappa shape index (κ3) is 5.72. The van der Waals surface area contributed by atoms with E-state index < -0.39 is 12.2 Å². The van der Waals surface area contributed by atoms with Crippen LogP contribution in [0.25, 0.3) is 11.4 Å². The van der Waals surface area contributed by atoms with E-state index >= 15 is 0 Å². The summed E-state index contributed by atoms with van der Waals surface area (Å²) in [5.41, 5.74) is 1.87. The lowest BCUT2D eigenvalue weighted by molar-refractivity contribution is -0.148. The molecule has 2 aromatic rings. The molecule has 2 aliphatic rings. The summed E-state index contributed by atoms with van der Waals surface area (Å²) in [5.74, 6) is 0.893. The van der Waals surface area contributed by atoms with E-state index in [1.54, 1.807) is 0 Å². The number of ether oxygens (including phenoxy) is 2. The van der Waals surface area contributed by atoms with Crippen molar-refractivity contribution in [2.75, 3.05) is 33.4 Å². The quantitative estimate of drug-likeness (QED) is 0.564. The number of carbonyl (C=O) groups excluding carboxylic acids is 2. The summed E-state index contributed by atoms with van der Waals surface area (Å²) in [6.45, 7) is 5.11. The number of hydrogen-bond acceptors (Lipinski definition) is 6. The molecule has 2 amide bonds. The Kier molecular flexibility index (Phi) is 7.61. The first kappa shape index (κ1) is 23.3. The van der Waals surface area contributed by atoms with Crippen molar-refractivity contribution in [1.29, 1.82) is 0 Å². The number of methoxy groups -OCH3 is 1. The molecule has 0 spiro atoms. The zero-order valence-electron chi connectivity index (χ0n) is 19.3. The van der Waals surface area contributed by atoms with Gasteiger partial charge in [-0.1, -0.05) is 30.3 Å². The van der Waals surface area contributed by atoms with Crippen molar-refractivity contribution in [2.45, 2.75) is 50.9 Å². The fourth-order valence-corrected chi connectivity index (χ4v) is 4.21. The molecule has 1 aromatic carbocycles. The summed E-state index contributed by atoms with van der Waals surface area (Å²) < 4.78 is 12.5. The van der Waals surface area contributed by atoms with Crippen LogP contribution < -0.4 is 10.6 Å². The number of aryl methyl sites for hydroxylation is 1. The van der Waals surface area contributed by atoms with Crippen LogP contribution in [0, 0.1) is 0 Å². The minimum atomic E-state index is -0.443. The van der Waals surface area contributed by atoms with E-state index in [-0.39, 0.29) is 18.0 Å². The van der Waals surface area contributed by atoms with Crippen molar-refractivity contribution in [1.82, 2.24) is 25.1 Å². The summed E-state index contributed by atoms with van der Waals surface area (Å²) in [4.78, 5) is 31.6. The lowest BCUT2D eigenvalue weighted by Crippen LogP contribution is -2.50. The second kappa shape index (κ2) is 10.8. The van der Waals surface area contributed by atoms with Crippen molar-refractivity contribution in [2.24, 2.45) is 0 Å². The van der Waals surface area contributed by atoms with Crippen LogP contribution >= 0.6 is 0 Å². The van der Waals surface area contributed by atoms with Crippen molar-refractivity contribution in [3.8, 4) is 11.4 Å². The first-order valence-corrected chi connectivity index (χ1v) is 11.7. The standard InChI is InChI=1S/C24H33N5O4/c1-17(29(19-9-10-19)23(30)21-15-25-12-14-33-21)20-16-28(13-6-11-26-24(31)32-2)22(27-20)18-7-4-3-5-8-18/h3-5,7-8,16-17,19,21,25H,6,9-15H2,1-2H3,(H,26,31)/t17-,21-/m1/s1. The van der Waals surface area contributed by atoms with Crippen LogP contribution in [0.5, 0.6) is 0 Å². The zero-order valence-corrected chi connectivity index (χ0v) is 19.3. The van der Waals surface area contributed by atoms with Gasteiger partial charge in [-0.15, -0.1) is 0 Å². The minimum Gasteiger partial charge on any atom is -0.453 e. The maximum atomic E-state index is 13.3. The third-order valence-electron chi connectivity index (χ3n) is 6.10. The number of aromatic nitrogens is 2. The SMILES string of the molecule is COC(=O)NCCCn1cc([C@@H](C)N(C(=O)[C@H]2CNCCO2)C2CC2)nc1-c1ccccc1. The van der Waals surface area contributed by atoms with Crippen molar-refractivity contribution in [3.63, 3.8) is 0 Å². The monoisotopic (exact) mass is 455 g/mol. The van der Waals surface area contributed by atoms with Crippen LogP contribution in [-0.2, 0) is 20.8 Å². The Morgan fingerprint density at radius 2 is 2.12 bits per heavy atom. The highest BCUT2D eigenvalue weighted by Crippen LogP contribution is 2.36. The smallest absolute Gasteiger partial charge is 0.406 e. The summed E-state index contributed by atoms with van der Waals surface area (Å²) in [7, 11) is 1.35. The fraction of sp³-hybridized carbons (Fsp3) is 0.542. The summed E-state index contributed by atoms with van der Waals surface area (Å²) in [6.07, 6.45) is 3.92. The van der Waals surface area contributed by atoms with Crippen LogP contribution in [-0.4, -0.2) is 71.9 Å². The molecule has 2 fully saturated rings. The van der Waals surface area contributed by atoms with Gasteiger partial charge in [-0.3, -0.25) is 4.79 Å². The maximum absolute atomic E-state index is 13.3. The molecule has 178 valence electrons.